The van der Waals surface area contributed by atoms with E-state index in [9.17, 15) is 19.4 Å². The van der Waals surface area contributed by atoms with Crippen LogP contribution in [0.25, 0.3) is 0 Å². The summed E-state index contributed by atoms with van der Waals surface area (Å²) in [6.07, 6.45) is 90.4. The van der Waals surface area contributed by atoms with Gasteiger partial charge in [0.25, 0.3) is 0 Å². The van der Waals surface area contributed by atoms with Gasteiger partial charge in [-0.15, -0.1) is 0 Å². The Labute approximate surface area is 494 Å². The molecule has 0 aliphatic rings. The first-order valence-electron chi connectivity index (χ1n) is 32.9. The van der Waals surface area contributed by atoms with Crippen molar-refractivity contribution in [1.29, 1.82) is 0 Å². The van der Waals surface area contributed by atoms with Crippen LogP contribution in [0.2, 0.25) is 0 Å². The number of allylic oxidation sites excluding steroid dienone is 19. The zero-order chi connectivity index (χ0) is 58.4. The van der Waals surface area contributed by atoms with Crippen molar-refractivity contribution in [2.75, 3.05) is 40.9 Å². The number of phosphoric acid groups is 1. The third kappa shape index (κ3) is 62.5. The smallest absolute Gasteiger partial charge is 0.387 e. The molecule has 0 aromatic rings. The first-order valence-corrected chi connectivity index (χ1v) is 34.4. The number of carbonyl (C=O) groups is 1. The predicted octanol–water partition coefficient (Wildman–Crippen LogP) is 20.9. The van der Waals surface area contributed by atoms with Crippen LogP contribution < -0.4 is 5.32 Å². The van der Waals surface area contributed by atoms with Crippen molar-refractivity contribution in [1.82, 2.24) is 5.32 Å². The lowest BCUT2D eigenvalue weighted by atomic mass is 10.0. The first-order chi connectivity index (χ1) is 39.0. The normalized spacial score (nSPS) is 14.5. The van der Waals surface area contributed by atoms with Gasteiger partial charge in [-0.25, -0.2) is 4.57 Å². The lowest BCUT2D eigenvalue weighted by molar-refractivity contribution is -0.870. The summed E-state index contributed by atoms with van der Waals surface area (Å²) in [6, 6.07) is -0.882. The summed E-state index contributed by atoms with van der Waals surface area (Å²) in [5.74, 6) is -0.204. The fraction of sp³-hybridized carbons (Fsp3) is 0.704. The molecule has 3 unspecified atom stereocenters. The minimum atomic E-state index is -4.37. The molecule has 8 nitrogen and oxygen atoms in total. The summed E-state index contributed by atoms with van der Waals surface area (Å²) < 4.78 is 23.8. The number of unbranched alkanes of at least 4 members (excludes halogenated alkanes) is 28. The summed E-state index contributed by atoms with van der Waals surface area (Å²) >= 11 is 0. The molecule has 0 bridgehead atoms. The van der Waals surface area contributed by atoms with Crippen LogP contribution in [0.4, 0.5) is 0 Å². The molecule has 3 N–H and O–H groups in total. The second-order valence-electron chi connectivity index (χ2n) is 23.1. The average molecular weight is 1130 g/mol. The number of carbonyl (C=O) groups excluding carboxylic acids is 1. The Bertz CT molecular complexity index is 1720. The van der Waals surface area contributed by atoms with Crippen LogP contribution in [0.3, 0.4) is 0 Å². The number of nitrogens with one attached hydrogen (secondary N) is 1. The van der Waals surface area contributed by atoms with E-state index in [1.54, 1.807) is 6.08 Å². The Morgan fingerprint density at radius 2 is 0.762 bits per heavy atom. The number of rotatable bonds is 59. The third-order valence-electron chi connectivity index (χ3n) is 14.2. The van der Waals surface area contributed by atoms with E-state index in [1.165, 1.54) is 141 Å². The molecule has 460 valence electrons. The van der Waals surface area contributed by atoms with Gasteiger partial charge in [0.2, 0.25) is 5.91 Å². The molecule has 0 aromatic heterocycles. The zero-order valence-corrected chi connectivity index (χ0v) is 53.4. The second-order valence-corrected chi connectivity index (χ2v) is 24.6. The van der Waals surface area contributed by atoms with Crippen LogP contribution in [0, 0.1) is 0 Å². The minimum Gasteiger partial charge on any atom is -0.387 e. The highest BCUT2D eigenvalue weighted by Gasteiger charge is 2.27. The van der Waals surface area contributed by atoms with Crippen molar-refractivity contribution in [2.24, 2.45) is 0 Å². The van der Waals surface area contributed by atoms with E-state index in [0.29, 0.717) is 17.4 Å². The molecule has 9 heteroatoms. The van der Waals surface area contributed by atoms with E-state index in [1.807, 2.05) is 27.2 Å². The van der Waals surface area contributed by atoms with E-state index >= 15 is 0 Å². The lowest BCUT2D eigenvalue weighted by Gasteiger charge is -2.25. The Balaban J connectivity index is 4.25. The molecule has 0 spiro atoms. The van der Waals surface area contributed by atoms with Gasteiger partial charge < -0.3 is 19.8 Å². The number of hydrogen-bond acceptors (Lipinski definition) is 5. The lowest BCUT2D eigenvalue weighted by Crippen LogP contribution is -2.45. The van der Waals surface area contributed by atoms with Crippen LogP contribution in [0.5, 0.6) is 0 Å². The summed E-state index contributed by atoms with van der Waals surface area (Å²) in [7, 11) is 1.53. The molecule has 0 radical (unpaired) electrons. The maximum absolute atomic E-state index is 13.0. The van der Waals surface area contributed by atoms with Crippen LogP contribution in [0.1, 0.15) is 271 Å². The topological polar surface area (TPSA) is 105 Å². The summed E-state index contributed by atoms with van der Waals surface area (Å²) in [5.41, 5.74) is 0. The number of likely N-dealkylation sites (N-methyl/N-ethyl adjacent to an activating group) is 1. The Kier molecular flexibility index (Phi) is 58.1. The van der Waals surface area contributed by atoms with Gasteiger partial charge in [0.1, 0.15) is 13.2 Å². The van der Waals surface area contributed by atoms with Gasteiger partial charge in [0, 0.05) is 6.42 Å². The van der Waals surface area contributed by atoms with Gasteiger partial charge in [-0.05, 0) is 96.3 Å². The number of aliphatic hydroxyl groups excluding tert-OH is 1. The van der Waals surface area contributed by atoms with Crippen LogP contribution in [0.15, 0.2) is 122 Å². The Morgan fingerprint density at radius 1 is 0.438 bits per heavy atom. The van der Waals surface area contributed by atoms with E-state index in [4.69, 9.17) is 9.05 Å². The molecule has 0 aliphatic carbocycles. The molecular formula is C71H126N2O6P+. The molecular weight excluding hydrogens is 1010 g/mol. The molecule has 0 aliphatic heterocycles. The van der Waals surface area contributed by atoms with E-state index in [2.05, 4.69) is 129 Å². The predicted molar refractivity (Wildman–Crippen MR) is 350 cm³/mol. The van der Waals surface area contributed by atoms with E-state index in [0.717, 1.165) is 109 Å². The van der Waals surface area contributed by atoms with Gasteiger partial charge in [-0.1, -0.05) is 289 Å². The maximum Gasteiger partial charge on any atom is 0.472 e. The Morgan fingerprint density at radius 3 is 1.15 bits per heavy atom. The molecule has 0 aromatic carbocycles. The molecule has 0 rings (SSSR count). The fourth-order valence-corrected chi connectivity index (χ4v) is 9.81. The highest BCUT2D eigenvalue weighted by atomic mass is 31.2. The van der Waals surface area contributed by atoms with Crippen molar-refractivity contribution >= 4 is 13.7 Å². The summed E-state index contributed by atoms with van der Waals surface area (Å²) in [4.78, 5) is 23.4. The van der Waals surface area contributed by atoms with Gasteiger partial charge in [0.15, 0.2) is 0 Å². The summed E-state index contributed by atoms with van der Waals surface area (Å²) in [6.45, 7) is 4.68. The molecule has 80 heavy (non-hydrogen) atoms. The molecule has 1 amide bonds. The highest BCUT2D eigenvalue weighted by molar-refractivity contribution is 7.47. The van der Waals surface area contributed by atoms with Crippen LogP contribution in [-0.4, -0.2) is 73.4 Å². The molecule has 3 atom stereocenters. The van der Waals surface area contributed by atoms with Gasteiger partial charge in [-0.2, -0.15) is 0 Å². The number of nitrogens with zero attached hydrogens (tertiary/aromatic N) is 1. The highest BCUT2D eigenvalue weighted by Crippen LogP contribution is 2.43. The third-order valence-corrected chi connectivity index (χ3v) is 15.1. The number of phosphoric ester groups is 1. The van der Waals surface area contributed by atoms with Crippen molar-refractivity contribution in [2.45, 2.75) is 283 Å². The molecule has 0 saturated carbocycles. The average Bonchev–Trinajstić information content (AvgIpc) is 3.42. The van der Waals surface area contributed by atoms with Crippen molar-refractivity contribution in [3.63, 3.8) is 0 Å². The van der Waals surface area contributed by atoms with Gasteiger partial charge >= 0.3 is 7.82 Å². The maximum atomic E-state index is 13.0. The number of quaternary nitrogens is 1. The monoisotopic (exact) mass is 1130 g/mol. The van der Waals surface area contributed by atoms with Gasteiger partial charge in [0.05, 0.1) is 39.9 Å². The van der Waals surface area contributed by atoms with E-state index in [-0.39, 0.29) is 19.1 Å². The van der Waals surface area contributed by atoms with Gasteiger partial charge in [-0.3, -0.25) is 13.8 Å². The SMILES string of the molecule is CC/C=C\C/C=C\C/C=C\C/C=C\C/C=C\C/C=C\C/C=C\C/C=C\CCCCCCCCC(=O)NC(COP(=O)(O)OCC[N+](C)(C)C)C(O)/C=C/CC/C=C/CCCCCCCCCCCCCCCCCCCCCCC. The zero-order valence-electron chi connectivity index (χ0n) is 52.5. The molecule has 0 heterocycles. The van der Waals surface area contributed by atoms with Crippen LogP contribution >= 0.6 is 7.82 Å². The van der Waals surface area contributed by atoms with Crippen molar-refractivity contribution in [3.8, 4) is 0 Å². The standard InChI is InChI=1S/C71H125N2O6P/c1-6-8-10-12-14-16-18-20-22-24-26-28-30-32-34-35-36-37-39-41-43-45-47-49-51-53-55-57-59-61-63-65-71(75)72-69(68-79-80(76,77)78-67-66-73(3,4)5)70(74)64-62-60-58-56-54-52-50-48-46-44-42-40-38-33-31-29-27-25-23-21-19-17-15-13-11-9-7-2/h8,10,14,16,20,22,26,28,32,34,36-37,41,43,47,49,54,56,62,64,69-70,74H,6-7,9,11-13,15,17-19,21,23-25,27,29-31,33,35,38-40,42,44-46,48,50-53,55,57-61,63,65-68H2,1-5H3,(H-,72,75,76,77)/p+1/b10-8-,16-14-,22-20-,28-26-,34-32-,37-36-,43-41-,49-47-,56-54+,64-62+. The largest absolute Gasteiger partial charge is 0.472 e. The Hall–Kier alpha value is -3.10. The summed E-state index contributed by atoms with van der Waals surface area (Å²) in [5, 5.41) is 14.0. The number of hydrogen-bond donors (Lipinski definition) is 3. The first kappa shape index (κ1) is 76.9. The van der Waals surface area contributed by atoms with E-state index < -0.39 is 20.0 Å². The quantitative estimate of drug-likeness (QED) is 0.0243. The molecule has 0 saturated heterocycles. The molecule has 0 fully saturated rings. The van der Waals surface area contributed by atoms with Crippen molar-refractivity contribution in [3.05, 3.63) is 122 Å². The fourth-order valence-electron chi connectivity index (χ4n) is 9.07. The second kappa shape index (κ2) is 60.5. The number of aliphatic hydroxyl groups is 1. The van der Waals surface area contributed by atoms with Crippen molar-refractivity contribution < 1.29 is 32.9 Å². The van der Waals surface area contributed by atoms with Crippen LogP contribution in [-0.2, 0) is 18.4 Å². The minimum absolute atomic E-state index is 0.0467. The number of amides is 1.